The predicted octanol–water partition coefficient (Wildman–Crippen LogP) is 2.96. The van der Waals surface area contributed by atoms with Crippen LogP contribution in [0.25, 0.3) is 22.2 Å². The Hall–Kier alpha value is -2.53. The molecule has 6 heteroatoms. The van der Waals surface area contributed by atoms with Crippen LogP contribution in [0.4, 0.5) is 5.69 Å². The Bertz CT molecular complexity index is 947. The van der Waals surface area contributed by atoms with Crippen LogP contribution in [0.2, 0.25) is 5.15 Å². The van der Waals surface area contributed by atoms with Gasteiger partial charge in [0.05, 0.1) is 16.9 Å². The van der Waals surface area contributed by atoms with Crippen molar-refractivity contribution in [3.05, 3.63) is 47.0 Å². The minimum Gasteiger partial charge on any atom is -0.377 e. The van der Waals surface area contributed by atoms with E-state index in [1.165, 1.54) is 0 Å². The van der Waals surface area contributed by atoms with Crippen molar-refractivity contribution in [2.45, 2.75) is 0 Å². The van der Waals surface area contributed by atoms with E-state index < -0.39 is 0 Å². The maximum atomic E-state index is 12.9. The van der Waals surface area contributed by atoms with Crippen LogP contribution in [0.3, 0.4) is 0 Å². The van der Waals surface area contributed by atoms with Crippen molar-refractivity contribution < 1.29 is 4.79 Å². The normalized spacial score (nSPS) is 12.4. The highest BCUT2D eigenvalue weighted by Crippen LogP contribution is 2.40. The summed E-state index contributed by atoms with van der Waals surface area (Å²) in [6.45, 7) is 0. The molecule has 3 aromatic rings. The minimum atomic E-state index is -0.144. The molecule has 108 valence electrons. The van der Waals surface area contributed by atoms with Gasteiger partial charge in [0, 0.05) is 31.9 Å². The number of carbonyl (C=O) groups is 1. The summed E-state index contributed by atoms with van der Waals surface area (Å²) in [5, 5.41) is 1.99. The summed E-state index contributed by atoms with van der Waals surface area (Å²) in [6, 6.07) is 5.41. The minimum absolute atomic E-state index is 0.144. The molecular weight excluding hydrogens is 300 g/mol. The third kappa shape index (κ3) is 1.66. The van der Waals surface area contributed by atoms with Crippen LogP contribution in [-0.4, -0.2) is 34.8 Å². The molecule has 1 aliphatic carbocycles. The van der Waals surface area contributed by atoms with Gasteiger partial charge in [-0.15, -0.1) is 0 Å². The average molecular weight is 311 g/mol. The molecule has 4 rings (SSSR count). The lowest BCUT2D eigenvalue weighted by molar-refractivity contribution is 0.103. The highest BCUT2D eigenvalue weighted by atomic mass is 35.5. The van der Waals surface area contributed by atoms with Crippen LogP contribution in [0, 0.1) is 0 Å². The van der Waals surface area contributed by atoms with E-state index in [1.54, 1.807) is 18.5 Å². The van der Waals surface area contributed by atoms with Gasteiger partial charge >= 0.3 is 0 Å². The van der Waals surface area contributed by atoms with Gasteiger partial charge in [-0.3, -0.25) is 14.8 Å². The second-order valence-electron chi connectivity index (χ2n) is 5.33. The lowest BCUT2D eigenvalue weighted by Crippen LogP contribution is -2.20. The quantitative estimate of drug-likeness (QED) is 0.506. The molecule has 0 radical (unpaired) electrons. The number of carbonyl (C=O) groups excluding carboxylic acids is 1. The molecular formula is C16H11ClN4O. The van der Waals surface area contributed by atoms with Gasteiger partial charge in [0.25, 0.3) is 0 Å². The number of nitrogens with zero attached hydrogens (tertiary/aromatic N) is 4. The number of aromatic nitrogens is 3. The van der Waals surface area contributed by atoms with Gasteiger partial charge in [0.2, 0.25) is 5.78 Å². The van der Waals surface area contributed by atoms with Crippen molar-refractivity contribution in [1.82, 2.24) is 15.0 Å². The fourth-order valence-corrected chi connectivity index (χ4v) is 3.03. The fraction of sp³-hybridized carbons (Fsp3) is 0.125. The average Bonchev–Trinajstić information content (AvgIpc) is 2.51. The number of rotatable bonds is 1. The number of ketones is 1. The number of fused-ring (bicyclic) bond motifs is 2. The largest absolute Gasteiger partial charge is 0.377 e. The molecule has 1 aliphatic rings. The standard InChI is InChI=1S/C16H11ClN4O/c1-21(2)9-7-10(17)20-14-12(9)16(22)15-11-8(4-6-19-15)3-5-18-13(11)14/h3-7H,1-2H3. The molecule has 0 amide bonds. The van der Waals surface area contributed by atoms with E-state index in [0.29, 0.717) is 27.8 Å². The lowest BCUT2D eigenvalue weighted by atomic mass is 9.91. The van der Waals surface area contributed by atoms with Gasteiger partial charge in [-0.2, -0.15) is 0 Å². The van der Waals surface area contributed by atoms with Gasteiger partial charge in [-0.05, 0) is 23.6 Å². The van der Waals surface area contributed by atoms with E-state index in [-0.39, 0.29) is 5.78 Å². The first-order valence-corrected chi connectivity index (χ1v) is 7.12. The lowest BCUT2D eigenvalue weighted by Gasteiger charge is -2.23. The van der Waals surface area contributed by atoms with E-state index >= 15 is 0 Å². The van der Waals surface area contributed by atoms with Crippen LogP contribution in [0.1, 0.15) is 16.1 Å². The smallest absolute Gasteiger partial charge is 0.216 e. The summed E-state index contributed by atoms with van der Waals surface area (Å²) in [5.41, 5.74) is 2.81. The van der Waals surface area contributed by atoms with Crippen molar-refractivity contribution in [3.8, 4) is 11.4 Å². The van der Waals surface area contributed by atoms with E-state index in [4.69, 9.17) is 11.6 Å². The Morgan fingerprint density at radius 2 is 1.73 bits per heavy atom. The molecule has 0 spiro atoms. The summed E-state index contributed by atoms with van der Waals surface area (Å²) in [5.74, 6) is -0.144. The van der Waals surface area contributed by atoms with Crippen LogP contribution in [0.5, 0.6) is 0 Å². The Balaban J connectivity index is 2.21. The number of hydrogen-bond donors (Lipinski definition) is 0. The van der Waals surface area contributed by atoms with Crippen molar-refractivity contribution in [1.29, 1.82) is 0 Å². The molecule has 0 N–H and O–H groups in total. The maximum absolute atomic E-state index is 12.9. The number of halogens is 1. The molecule has 0 saturated heterocycles. The van der Waals surface area contributed by atoms with E-state index in [2.05, 4.69) is 15.0 Å². The van der Waals surface area contributed by atoms with E-state index in [0.717, 1.165) is 16.5 Å². The fourth-order valence-electron chi connectivity index (χ4n) is 2.84. The summed E-state index contributed by atoms with van der Waals surface area (Å²) < 4.78 is 0. The summed E-state index contributed by atoms with van der Waals surface area (Å²) in [7, 11) is 3.72. The van der Waals surface area contributed by atoms with Crippen LogP contribution in [-0.2, 0) is 0 Å². The zero-order valence-corrected chi connectivity index (χ0v) is 12.7. The number of hydrogen-bond acceptors (Lipinski definition) is 5. The van der Waals surface area contributed by atoms with Crippen LogP contribution in [0.15, 0.2) is 30.6 Å². The van der Waals surface area contributed by atoms with Gasteiger partial charge in [-0.1, -0.05) is 11.6 Å². The molecule has 5 nitrogen and oxygen atoms in total. The van der Waals surface area contributed by atoms with Gasteiger partial charge in [-0.25, -0.2) is 4.98 Å². The molecule has 3 heterocycles. The monoisotopic (exact) mass is 310 g/mol. The van der Waals surface area contributed by atoms with E-state index in [1.807, 2.05) is 31.1 Å². The number of pyridine rings is 3. The molecule has 0 atom stereocenters. The molecule has 0 bridgehead atoms. The van der Waals surface area contributed by atoms with Crippen LogP contribution >= 0.6 is 11.6 Å². The Kier molecular flexibility index (Phi) is 2.68. The van der Waals surface area contributed by atoms with E-state index in [9.17, 15) is 4.79 Å². The summed E-state index contributed by atoms with van der Waals surface area (Å²) in [6.07, 6.45) is 3.35. The second-order valence-corrected chi connectivity index (χ2v) is 5.72. The highest BCUT2D eigenvalue weighted by Gasteiger charge is 2.31. The third-order valence-corrected chi connectivity index (χ3v) is 3.99. The first-order chi connectivity index (χ1) is 10.6. The predicted molar refractivity (Wildman–Crippen MR) is 85.5 cm³/mol. The molecule has 3 aromatic heterocycles. The molecule has 0 aromatic carbocycles. The van der Waals surface area contributed by atoms with Gasteiger partial charge in [0.1, 0.15) is 16.5 Å². The first kappa shape index (κ1) is 13.2. The molecule has 0 saturated carbocycles. The van der Waals surface area contributed by atoms with Gasteiger partial charge < -0.3 is 4.90 Å². The SMILES string of the molecule is CN(C)c1cc(Cl)nc2c1C(=O)c1nccc3ccnc-2c13. The zero-order valence-electron chi connectivity index (χ0n) is 12.0. The first-order valence-electron chi connectivity index (χ1n) is 6.74. The van der Waals surface area contributed by atoms with Crippen molar-refractivity contribution in [3.63, 3.8) is 0 Å². The summed E-state index contributed by atoms with van der Waals surface area (Å²) in [4.78, 5) is 27.8. The molecule has 0 unspecified atom stereocenters. The molecule has 22 heavy (non-hydrogen) atoms. The van der Waals surface area contributed by atoms with Gasteiger partial charge in [0.15, 0.2) is 0 Å². The molecule has 0 aliphatic heterocycles. The highest BCUT2D eigenvalue weighted by molar-refractivity contribution is 6.31. The van der Waals surface area contributed by atoms with Crippen molar-refractivity contribution in [2.75, 3.05) is 19.0 Å². The third-order valence-electron chi connectivity index (χ3n) is 3.79. The maximum Gasteiger partial charge on any atom is 0.216 e. The van der Waals surface area contributed by atoms with Crippen LogP contribution < -0.4 is 4.90 Å². The van der Waals surface area contributed by atoms with Crippen molar-refractivity contribution >= 4 is 33.8 Å². The second kappa shape index (κ2) is 4.48. The Labute approximate surface area is 131 Å². The van der Waals surface area contributed by atoms with Crippen molar-refractivity contribution in [2.24, 2.45) is 0 Å². The molecule has 0 fully saturated rings. The number of anilines is 1. The topological polar surface area (TPSA) is 59.0 Å². The Morgan fingerprint density at radius 1 is 1.05 bits per heavy atom. The summed E-state index contributed by atoms with van der Waals surface area (Å²) >= 11 is 6.14. The zero-order chi connectivity index (χ0) is 15.4. The Morgan fingerprint density at radius 3 is 2.41 bits per heavy atom.